The van der Waals surface area contributed by atoms with Crippen LogP contribution in [0.15, 0.2) is 18.2 Å². The molecule has 1 aliphatic heterocycles. The predicted molar refractivity (Wildman–Crippen MR) is 70.7 cm³/mol. The zero-order chi connectivity index (χ0) is 13.9. The van der Waals surface area contributed by atoms with E-state index >= 15 is 0 Å². The van der Waals surface area contributed by atoms with Gasteiger partial charge in [-0.25, -0.2) is 4.39 Å². The number of halogens is 1. The van der Waals surface area contributed by atoms with Crippen molar-refractivity contribution >= 4 is 0 Å². The van der Waals surface area contributed by atoms with Gasteiger partial charge >= 0.3 is 0 Å². The Morgan fingerprint density at radius 3 is 3.00 bits per heavy atom. The second kappa shape index (κ2) is 5.88. The van der Waals surface area contributed by atoms with Crippen LogP contribution in [0.3, 0.4) is 0 Å². The highest BCUT2D eigenvalue weighted by molar-refractivity contribution is 5.39. The van der Waals surface area contributed by atoms with E-state index in [2.05, 4.69) is 6.92 Å². The minimum absolute atomic E-state index is 0.0247. The number of hydrogen-bond acceptors (Lipinski definition) is 3. The summed E-state index contributed by atoms with van der Waals surface area (Å²) in [6.07, 6.45) is 2.88. The summed E-state index contributed by atoms with van der Waals surface area (Å²) in [6, 6.07) is 4.27. The van der Waals surface area contributed by atoms with E-state index in [4.69, 9.17) is 9.47 Å². The topological polar surface area (TPSA) is 38.7 Å². The van der Waals surface area contributed by atoms with Crippen LogP contribution >= 0.6 is 0 Å². The molecule has 1 aliphatic rings. The van der Waals surface area contributed by atoms with Gasteiger partial charge in [-0.05, 0) is 24.6 Å². The van der Waals surface area contributed by atoms with Gasteiger partial charge in [0.05, 0.1) is 25.4 Å². The van der Waals surface area contributed by atoms with Gasteiger partial charge in [0.1, 0.15) is 11.6 Å². The largest absolute Gasteiger partial charge is 0.496 e. The van der Waals surface area contributed by atoms with Crippen molar-refractivity contribution in [3.63, 3.8) is 0 Å². The molecule has 1 heterocycles. The van der Waals surface area contributed by atoms with Crippen LogP contribution in [0.5, 0.6) is 5.75 Å². The number of aliphatic hydroxyl groups is 1. The van der Waals surface area contributed by atoms with Gasteiger partial charge in [0.2, 0.25) is 0 Å². The summed E-state index contributed by atoms with van der Waals surface area (Å²) < 4.78 is 24.3. The van der Waals surface area contributed by atoms with Gasteiger partial charge < -0.3 is 14.6 Å². The van der Waals surface area contributed by atoms with Crippen molar-refractivity contribution in [2.45, 2.75) is 44.3 Å². The van der Waals surface area contributed by atoms with Crippen molar-refractivity contribution < 1.29 is 19.0 Å². The lowest BCUT2D eigenvalue weighted by Crippen LogP contribution is -2.38. The SMILES string of the molecule is CCCC1CC(O)(c2cc(F)ccc2OC)CCO1. The molecule has 0 amide bonds. The number of ether oxygens (including phenoxy) is 2. The highest BCUT2D eigenvalue weighted by Gasteiger charge is 2.38. The van der Waals surface area contributed by atoms with E-state index < -0.39 is 5.60 Å². The maximum atomic E-state index is 13.5. The molecule has 0 saturated carbocycles. The Balaban J connectivity index is 2.30. The van der Waals surface area contributed by atoms with Crippen molar-refractivity contribution in [2.24, 2.45) is 0 Å². The van der Waals surface area contributed by atoms with Crippen molar-refractivity contribution in [3.05, 3.63) is 29.6 Å². The van der Waals surface area contributed by atoms with Gasteiger partial charge in [-0.2, -0.15) is 0 Å². The van der Waals surface area contributed by atoms with Gasteiger partial charge in [-0.3, -0.25) is 0 Å². The lowest BCUT2D eigenvalue weighted by Gasteiger charge is -2.38. The Bertz CT molecular complexity index is 433. The lowest BCUT2D eigenvalue weighted by atomic mass is 9.82. The standard InChI is InChI=1S/C15H21FO3/c1-3-4-12-10-15(17,7-8-19-12)13-9-11(16)5-6-14(13)18-2/h5-6,9,12,17H,3-4,7-8,10H2,1-2H3. The molecule has 1 saturated heterocycles. The second-order valence-corrected chi connectivity index (χ2v) is 5.11. The summed E-state index contributed by atoms with van der Waals surface area (Å²) in [6.45, 7) is 2.57. The molecule has 106 valence electrons. The maximum Gasteiger partial charge on any atom is 0.125 e. The minimum Gasteiger partial charge on any atom is -0.496 e. The summed E-state index contributed by atoms with van der Waals surface area (Å²) in [5.41, 5.74) is -0.537. The molecule has 0 aromatic heterocycles. The zero-order valence-electron chi connectivity index (χ0n) is 11.5. The fourth-order valence-corrected chi connectivity index (χ4v) is 2.73. The summed E-state index contributed by atoms with van der Waals surface area (Å²) >= 11 is 0. The average Bonchev–Trinajstić information content (AvgIpc) is 2.39. The molecule has 0 radical (unpaired) electrons. The lowest BCUT2D eigenvalue weighted by molar-refractivity contribution is -0.110. The molecule has 19 heavy (non-hydrogen) atoms. The van der Waals surface area contributed by atoms with Crippen LogP contribution < -0.4 is 4.74 Å². The summed E-state index contributed by atoms with van der Waals surface area (Å²) in [4.78, 5) is 0. The Morgan fingerprint density at radius 2 is 2.32 bits per heavy atom. The molecule has 1 aromatic rings. The molecule has 0 aliphatic carbocycles. The first-order chi connectivity index (χ1) is 9.09. The third-order valence-electron chi connectivity index (χ3n) is 3.71. The Labute approximate surface area is 113 Å². The Morgan fingerprint density at radius 1 is 1.53 bits per heavy atom. The first kappa shape index (κ1) is 14.3. The van der Waals surface area contributed by atoms with Crippen LogP contribution in [-0.4, -0.2) is 24.9 Å². The predicted octanol–water partition coefficient (Wildman–Crippen LogP) is 3.00. The van der Waals surface area contributed by atoms with Crippen molar-refractivity contribution in [1.29, 1.82) is 0 Å². The molecule has 2 rings (SSSR count). The van der Waals surface area contributed by atoms with Crippen LogP contribution in [0.25, 0.3) is 0 Å². The smallest absolute Gasteiger partial charge is 0.125 e. The molecule has 0 bridgehead atoms. The van der Waals surface area contributed by atoms with Crippen LogP contribution in [0.1, 0.15) is 38.2 Å². The van der Waals surface area contributed by atoms with E-state index in [1.807, 2.05) is 0 Å². The molecule has 1 N–H and O–H groups in total. The molecule has 4 heteroatoms. The van der Waals surface area contributed by atoms with Gasteiger partial charge in [0.25, 0.3) is 0 Å². The first-order valence-electron chi connectivity index (χ1n) is 6.77. The van der Waals surface area contributed by atoms with E-state index in [-0.39, 0.29) is 11.9 Å². The fraction of sp³-hybridized carbons (Fsp3) is 0.600. The van der Waals surface area contributed by atoms with Crippen LogP contribution in [0.2, 0.25) is 0 Å². The molecule has 0 spiro atoms. The summed E-state index contributed by atoms with van der Waals surface area (Å²) in [7, 11) is 1.53. The van der Waals surface area contributed by atoms with Gasteiger partial charge in [-0.1, -0.05) is 13.3 Å². The molecule has 3 nitrogen and oxygen atoms in total. The third-order valence-corrected chi connectivity index (χ3v) is 3.71. The molecular weight excluding hydrogens is 247 g/mol. The minimum atomic E-state index is -1.06. The van der Waals surface area contributed by atoms with E-state index in [1.165, 1.54) is 19.2 Å². The monoisotopic (exact) mass is 268 g/mol. The average molecular weight is 268 g/mol. The molecule has 1 aromatic carbocycles. The highest BCUT2D eigenvalue weighted by Crippen LogP contribution is 2.40. The Hall–Kier alpha value is -1.13. The highest BCUT2D eigenvalue weighted by atomic mass is 19.1. The number of methoxy groups -OCH3 is 1. The second-order valence-electron chi connectivity index (χ2n) is 5.11. The normalized spacial score (nSPS) is 27.3. The third kappa shape index (κ3) is 3.07. The van der Waals surface area contributed by atoms with Gasteiger partial charge in [0, 0.05) is 18.4 Å². The van der Waals surface area contributed by atoms with E-state index in [0.29, 0.717) is 30.8 Å². The summed E-state index contributed by atoms with van der Waals surface area (Å²) in [5, 5.41) is 10.8. The van der Waals surface area contributed by atoms with Gasteiger partial charge in [0.15, 0.2) is 0 Å². The van der Waals surface area contributed by atoms with Gasteiger partial charge in [-0.15, -0.1) is 0 Å². The van der Waals surface area contributed by atoms with E-state index in [0.717, 1.165) is 12.8 Å². The number of rotatable bonds is 4. The van der Waals surface area contributed by atoms with Crippen molar-refractivity contribution in [1.82, 2.24) is 0 Å². The fourth-order valence-electron chi connectivity index (χ4n) is 2.73. The summed E-state index contributed by atoms with van der Waals surface area (Å²) in [5.74, 6) is 0.170. The zero-order valence-corrected chi connectivity index (χ0v) is 11.5. The van der Waals surface area contributed by atoms with E-state index in [9.17, 15) is 9.50 Å². The first-order valence-corrected chi connectivity index (χ1v) is 6.77. The maximum absolute atomic E-state index is 13.5. The number of hydrogen-bond donors (Lipinski definition) is 1. The molecule has 2 unspecified atom stereocenters. The quantitative estimate of drug-likeness (QED) is 0.912. The van der Waals surface area contributed by atoms with E-state index in [1.54, 1.807) is 6.07 Å². The van der Waals surface area contributed by atoms with Crippen molar-refractivity contribution in [3.8, 4) is 5.75 Å². The molecular formula is C15H21FO3. The van der Waals surface area contributed by atoms with Crippen LogP contribution in [0, 0.1) is 5.82 Å². The van der Waals surface area contributed by atoms with Crippen molar-refractivity contribution in [2.75, 3.05) is 13.7 Å². The number of benzene rings is 1. The molecule has 1 fully saturated rings. The van der Waals surface area contributed by atoms with Crippen LogP contribution in [-0.2, 0) is 10.3 Å². The molecule has 2 atom stereocenters. The Kier molecular flexibility index (Phi) is 4.42. The van der Waals surface area contributed by atoms with Crippen LogP contribution in [0.4, 0.5) is 4.39 Å².